The number of nitro benzene ring substituents is 1. The van der Waals surface area contributed by atoms with E-state index in [9.17, 15) is 14.9 Å². The number of amides is 1. The van der Waals surface area contributed by atoms with Gasteiger partial charge >= 0.3 is 0 Å². The van der Waals surface area contributed by atoms with Crippen LogP contribution in [0.15, 0.2) is 53.4 Å². The molecule has 0 aliphatic heterocycles. The van der Waals surface area contributed by atoms with Crippen LogP contribution in [-0.4, -0.2) is 38.4 Å². The number of nitrogens with zero attached hydrogens (tertiary/aromatic N) is 3. The Hall–Kier alpha value is -3.40. The fraction of sp³-hybridized carbons (Fsp3) is 0.167. The number of anilines is 1. The smallest absolute Gasteiger partial charge is 0.269 e. The summed E-state index contributed by atoms with van der Waals surface area (Å²) >= 11 is 1.28. The molecule has 0 saturated carbocycles. The number of nitrogens with one attached hydrogen (secondary N) is 2. The number of carbonyl (C=O) groups is 1. The second-order valence-corrected chi connectivity index (χ2v) is 7.12. The zero-order valence-electron chi connectivity index (χ0n) is 15.1. The molecule has 0 saturated heterocycles. The van der Waals surface area contributed by atoms with E-state index in [4.69, 9.17) is 4.74 Å². The molecule has 0 fully saturated rings. The van der Waals surface area contributed by atoms with E-state index in [2.05, 4.69) is 20.5 Å². The van der Waals surface area contributed by atoms with Crippen LogP contribution >= 0.6 is 11.8 Å². The van der Waals surface area contributed by atoms with E-state index in [-0.39, 0.29) is 17.5 Å². The zero-order valence-corrected chi connectivity index (χ0v) is 15.9. The Balaban J connectivity index is 1.64. The summed E-state index contributed by atoms with van der Waals surface area (Å²) in [4.78, 5) is 27.7. The monoisotopic (exact) mass is 399 g/mol. The van der Waals surface area contributed by atoms with E-state index in [0.29, 0.717) is 11.6 Å². The lowest BCUT2D eigenvalue weighted by molar-refractivity contribution is -0.384. The quantitative estimate of drug-likeness (QED) is 0.354. The first-order valence-corrected chi connectivity index (χ1v) is 9.13. The number of benzene rings is 2. The number of methoxy groups -OCH3 is 1. The summed E-state index contributed by atoms with van der Waals surface area (Å²) in [5.74, 6) is 0.984. The summed E-state index contributed by atoms with van der Waals surface area (Å²) in [7, 11) is 1.56. The van der Waals surface area contributed by atoms with Crippen molar-refractivity contribution < 1.29 is 14.5 Å². The van der Waals surface area contributed by atoms with Crippen molar-refractivity contribution in [1.82, 2.24) is 15.2 Å². The molecule has 1 amide bonds. The van der Waals surface area contributed by atoms with Crippen molar-refractivity contribution >= 4 is 29.3 Å². The summed E-state index contributed by atoms with van der Waals surface area (Å²) in [5, 5.41) is 19.7. The van der Waals surface area contributed by atoms with Gasteiger partial charge in [0.05, 0.1) is 22.8 Å². The molecule has 28 heavy (non-hydrogen) atoms. The number of H-pyrrole nitrogens is 1. The van der Waals surface area contributed by atoms with Crippen LogP contribution in [-0.2, 0) is 4.79 Å². The molecule has 1 aromatic heterocycles. The van der Waals surface area contributed by atoms with E-state index in [1.54, 1.807) is 32.2 Å². The maximum Gasteiger partial charge on any atom is 0.269 e. The Morgan fingerprint density at radius 1 is 1.25 bits per heavy atom. The molecule has 0 spiro atoms. The largest absolute Gasteiger partial charge is 0.496 e. The maximum absolute atomic E-state index is 12.4. The Morgan fingerprint density at radius 2 is 1.96 bits per heavy atom. The Kier molecular flexibility index (Phi) is 5.90. The second kappa shape index (κ2) is 8.53. The van der Waals surface area contributed by atoms with Crippen molar-refractivity contribution in [2.75, 3.05) is 12.4 Å². The topological polar surface area (TPSA) is 123 Å². The van der Waals surface area contributed by atoms with Crippen molar-refractivity contribution in [2.45, 2.75) is 17.1 Å². The molecule has 10 heteroatoms. The Morgan fingerprint density at radius 3 is 2.64 bits per heavy atom. The van der Waals surface area contributed by atoms with Crippen LogP contribution < -0.4 is 10.1 Å². The van der Waals surface area contributed by atoms with Crippen LogP contribution in [0, 0.1) is 10.1 Å². The van der Waals surface area contributed by atoms with Gasteiger partial charge in [-0.2, -0.15) is 4.98 Å². The molecule has 1 heterocycles. The summed E-state index contributed by atoms with van der Waals surface area (Å²) in [6, 6.07) is 13.4. The lowest BCUT2D eigenvalue weighted by atomic mass is 10.2. The minimum atomic E-state index is -0.465. The first kappa shape index (κ1) is 19.4. The van der Waals surface area contributed by atoms with E-state index < -0.39 is 10.2 Å². The number of thioether (sulfide) groups is 1. The molecule has 0 aliphatic rings. The Labute approximate surface area is 164 Å². The van der Waals surface area contributed by atoms with Crippen LogP contribution in [0.5, 0.6) is 5.75 Å². The van der Waals surface area contributed by atoms with Crippen LogP contribution in [0.1, 0.15) is 6.92 Å². The normalized spacial score (nSPS) is 11.6. The zero-order chi connectivity index (χ0) is 20.1. The van der Waals surface area contributed by atoms with Crippen molar-refractivity contribution in [3.8, 4) is 17.1 Å². The predicted octanol–water partition coefficient (Wildman–Crippen LogP) is 3.51. The number of ether oxygens (including phenoxy) is 1. The van der Waals surface area contributed by atoms with Gasteiger partial charge in [0.15, 0.2) is 5.82 Å². The standard InChI is InChI=1S/C18H17N5O4S/c1-11(28-13-9-7-12(8-10-13)23(25)26)17(24)20-18-19-16(21-22-18)14-5-3-4-6-15(14)27-2/h3-11H,1-2H3,(H2,19,20,21,22,24). The van der Waals surface area contributed by atoms with Crippen LogP contribution in [0.4, 0.5) is 11.6 Å². The molecule has 3 rings (SSSR count). The highest BCUT2D eigenvalue weighted by atomic mass is 32.2. The van der Waals surface area contributed by atoms with Gasteiger partial charge in [0.2, 0.25) is 11.9 Å². The van der Waals surface area contributed by atoms with Crippen LogP contribution in [0.25, 0.3) is 11.4 Å². The van der Waals surface area contributed by atoms with Gasteiger partial charge in [-0.25, -0.2) is 0 Å². The molecule has 144 valence electrons. The Bertz CT molecular complexity index is 990. The number of hydrogen-bond donors (Lipinski definition) is 2. The third kappa shape index (κ3) is 4.46. The molecule has 3 aromatic rings. The molecule has 9 nitrogen and oxygen atoms in total. The number of hydrogen-bond acceptors (Lipinski definition) is 7. The third-order valence-corrected chi connectivity index (χ3v) is 4.92. The molecule has 0 aliphatic carbocycles. The highest BCUT2D eigenvalue weighted by molar-refractivity contribution is 8.00. The molecule has 0 bridgehead atoms. The molecule has 1 atom stereocenters. The van der Waals surface area contributed by atoms with Gasteiger partial charge in [0, 0.05) is 17.0 Å². The summed E-state index contributed by atoms with van der Waals surface area (Å²) in [6.45, 7) is 1.73. The van der Waals surface area contributed by atoms with E-state index in [0.717, 1.165) is 10.5 Å². The average Bonchev–Trinajstić information content (AvgIpc) is 3.16. The van der Waals surface area contributed by atoms with Gasteiger partial charge in [-0.15, -0.1) is 16.9 Å². The number of nitro groups is 1. The van der Waals surface area contributed by atoms with Gasteiger partial charge in [-0.3, -0.25) is 25.3 Å². The molecule has 2 aromatic carbocycles. The fourth-order valence-electron chi connectivity index (χ4n) is 2.39. The van der Waals surface area contributed by atoms with Crippen LogP contribution in [0.2, 0.25) is 0 Å². The summed E-state index contributed by atoms with van der Waals surface area (Å²) in [6.07, 6.45) is 0. The maximum atomic E-state index is 12.4. The highest BCUT2D eigenvalue weighted by Crippen LogP contribution is 2.28. The summed E-state index contributed by atoms with van der Waals surface area (Å²) < 4.78 is 5.30. The van der Waals surface area contributed by atoms with Crippen molar-refractivity contribution in [3.63, 3.8) is 0 Å². The van der Waals surface area contributed by atoms with Gasteiger partial charge in [-0.1, -0.05) is 12.1 Å². The predicted molar refractivity (Wildman–Crippen MR) is 105 cm³/mol. The third-order valence-electron chi connectivity index (χ3n) is 3.81. The lowest BCUT2D eigenvalue weighted by Gasteiger charge is -2.09. The van der Waals surface area contributed by atoms with E-state index >= 15 is 0 Å². The molecular weight excluding hydrogens is 382 g/mol. The number of rotatable bonds is 7. The molecule has 0 radical (unpaired) electrons. The number of non-ortho nitro benzene ring substituents is 1. The number of aromatic amines is 1. The molecule has 1 unspecified atom stereocenters. The van der Waals surface area contributed by atoms with Gasteiger partial charge in [0.25, 0.3) is 5.69 Å². The average molecular weight is 399 g/mol. The van der Waals surface area contributed by atoms with Gasteiger partial charge in [0.1, 0.15) is 5.75 Å². The van der Waals surface area contributed by atoms with Gasteiger partial charge < -0.3 is 4.74 Å². The van der Waals surface area contributed by atoms with Crippen LogP contribution in [0.3, 0.4) is 0 Å². The SMILES string of the molecule is COc1ccccc1-c1nc(NC(=O)C(C)Sc2ccc([N+](=O)[O-])cc2)n[nH]1. The van der Waals surface area contributed by atoms with Crippen molar-refractivity contribution in [2.24, 2.45) is 0 Å². The fourth-order valence-corrected chi connectivity index (χ4v) is 3.26. The number of carbonyl (C=O) groups excluding carboxylic acids is 1. The second-order valence-electron chi connectivity index (χ2n) is 5.71. The minimum absolute atomic E-state index is 0.00560. The highest BCUT2D eigenvalue weighted by Gasteiger charge is 2.18. The van der Waals surface area contributed by atoms with E-state index in [1.807, 2.05) is 18.2 Å². The lowest BCUT2D eigenvalue weighted by Crippen LogP contribution is -2.23. The number of para-hydroxylation sites is 1. The van der Waals surface area contributed by atoms with Crippen molar-refractivity contribution in [1.29, 1.82) is 0 Å². The van der Waals surface area contributed by atoms with Crippen molar-refractivity contribution in [3.05, 3.63) is 58.6 Å². The minimum Gasteiger partial charge on any atom is -0.496 e. The first-order valence-electron chi connectivity index (χ1n) is 8.25. The van der Waals surface area contributed by atoms with E-state index in [1.165, 1.54) is 23.9 Å². The number of aromatic nitrogens is 3. The molecular formula is C18H17N5O4S. The first-order chi connectivity index (χ1) is 13.5. The summed E-state index contributed by atoms with van der Waals surface area (Å²) in [5.41, 5.74) is 0.734. The van der Waals surface area contributed by atoms with Gasteiger partial charge in [-0.05, 0) is 31.2 Å². The molecule has 2 N–H and O–H groups in total.